The molecule has 74 valence electrons. The van der Waals surface area contributed by atoms with Crippen LogP contribution in [0.2, 0.25) is 0 Å². The molecule has 0 heterocycles. The van der Waals surface area contributed by atoms with Crippen LogP contribution in [0.15, 0.2) is 0 Å². The minimum absolute atomic E-state index is 0.147. The van der Waals surface area contributed by atoms with Crippen molar-refractivity contribution < 1.29 is 13.2 Å². The Hall–Kier alpha value is -0.130. The van der Waals surface area contributed by atoms with E-state index in [0.29, 0.717) is 13.0 Å². The molecule has 0 aliphatic carbocycles. The van der Waals surface area contributed by atoms with Gasteiger partial charge in [-0.15, -0.1) is 0 Å². The van der Waals surface area contributed by atoms with Crippen LogP contribution in [0.3, 0.4) is 0 Å². The van der Waals surface area contributed by atoms with Gasteiger partial charge in [0.05, 0.1) is 12.4 Å². The van der Waals surface area contributed by atoms with E-state index in [1.165, 1.54) is 0 Å². The molecule has 0 fully saturated rings. The second kappa shape index (κ2) is 5.50. The van der Waals surface area contributed by atoms with Crippen LogP contribution in [0, 0.1) is 0 Å². The monoisotopic (exact) mass is 195 g/mol. The molecular formula is C7H17NO3S. The van der Waals surface area contributed by atoms with Crippen LogP contribution in [0.25, 0.3) is 0 Å². The van der Waals surface area contributed by atoms with Gasteiger partial charge in [-0.05, 0) is 13.3 Å². The number of methoxy groups -OCH3 is 1. The zero-order chi connectivity index (χ0) is 9.61. The Morgan fingerprint density at radius 2 is 2.08 bits per heavy atom. The van der Waals surface area contributed by atoms with Crippen molar-refractivity contribution in [1.82, 2.24) is 4.72 Å². The Morgan fingerprint density at radius 1 is 1.50 bits per heavy atom. The molecule has 0 saturated carbocycles. The van der Waals surface area contributed by atoms with Crippen molar-refractivity contribution in [3.63, 3.8) is 0 Å². The SMILES string of the molecule is CCCS(=O)(=O)NC(C)COC. The van der Waals surface area contributed by atoms with Gasteiger partial charge in [0.25, 0.3) is 0 Å². The summed E-state index contributed by atoms with van der Waals surface area (Å²) in [7, 11) is -1.54. The zero-order valence-electron chi connectivity index (χ0n) is 7.83. The number of hydrogen-bond donors (Lipinski definition) is 1. The molecule has 4 nitrogen and oxygen atoms in total. The molecule has 0 amide bonds. The lowest BCUT2D eigenvalue weighted by molar-refractivity contribution is 0.180. The Labute approximate surface area is 74.4 Å². The van der Waals surface area contributed by atoms with Crippen LogP contribution in [-0.4, -0.2) is 33.9 Å². The molecule has 0 aliphatic rings. The second-order valence-electron chi connectivity index (χ2n) is 2.79. The average molecular weight is 195 g/mol. The number of rotatable bonds is 6. The lowest BCUT2D eigenvalue weighted by atomic mass is 10.4. The topological polar surface area (TPSA) is 55.4 Å². The van der Waals surface area contributed by atoms with Gasteiger partial charge in [0.2, 0.25) is 10.0 Å². The van der Waals surface area contributed by atoms with E-state index < -0.39 is 10.0 Å². The minimum Gasteiger partial charge on any atom is -0.383 e. The maximum absolute atomic E-state index is 11.1. The van der Waals surface area contributed by atoms with Crippen molar-refractivity contribution >= 4 is 10.0 Å². The standard InChI is InChI=1S/C7H17NO3S/c1-4-5-12(9,10)8-7(2)6-11-3/h7-8H,4-6H2,1-3H3. The minimum atomic E-state index is -3.08. The first kappa shape index (κ1) is 11.9. The first-order chi connectivity index (χ1) is 5.52. The molecule has 0 aromatic heterocycles. The third-order valence-electron chi connectivity index (χ3n) is 1.27. The van der Waals surface area contributed by atoms with E-state index >= 15 is 0 Å². The maximum atomic E-state index is 11.1. The van der Waals surface area contributed by atoms with Crippen LogP contribution in [0.1, 0.15) is 20.3 Å². The quantitative estimate of drug-likeness (QED) is 0.665. The third kappa shape index (κ3) is 5.51. The Bertz CT molecular complexity index is 201. The molecule has 5 heteroatoms. The van der Waals surface area contributed by atoms with Gasteiger partial charge in [0, 0.05) is 13.2 Å². The molecule has 0 saturated heterocycles. The van der Waals surface area contributed by atoms with Crippen molar-refractivity contribution in [1.29, 1.82) is 0 Å². The van der Waals surface area contributed by atoms with Gasteiger partial charge in [0.1, 0.15) is 0 Å². The zero-order valence-corrected chi connectivity index (χ0v) is 8.65. The largest absolute Gasteiger partial charge is 0.383 e. The van der Waals surface area contributed by atoms with Crippen LogP contribution in [0.5, 0.6) is 0 Å². The molecule has 12 heavy (non-hydrogen) atoms. The summed E-state index contributed by atoms with van der Waals surface area (Å²) in [5.41, 5.74) is 0. The van der Waals surface area contributed by atoms with Gasteiger partial charge in [0.15, 0.2) is 0 Å². The Kier molecular flexibility index (Phi) is 5.44. The van der Waals surface area contributed by atoms with Gasteiger partial charge >= 0.3 is 0 Å². The smallest absolute Gasteiger partial charge is 0.211 e. The first-order valence-electron chi connectivity index (χ1n) is 4.00. The lowest BCUT2D eigenvalue weighted by Crippen LogP contribution is -2.36. The van der Waals surface area contributed by atoms with Crippen molar-refractivity contribution in [2.75, 3.05) is 19.5 Å². The highest BCUT2D eigenvalue weighted by atomic mass is 32.2. The third-order valence-corrected chi connectivity index (χ3v) is 2.98. The van der Waals surface area contributed by atoms with Gasteiger partial charge in [-0.2, -0.15) is 0 Å². The van der Waals surface area contributed by atoms with E-state index in [9.17, 15) is 8.42 Å². The number of hydrogen-bond acceptors (Lipinski definition) is 3. The predicted octanol–water partition coefficient (Wildman–Crippen LogP) is 0.351. The summed E-state index contributed by atoms with van der Waals surface area (Å²) in [4.78, 5) is 0. The fourth-order valence-corrected chi connectivity index (χ4v) is 2.25. The van der Waals surface area contributed by atoms with Crippen LogP contribution >= 0.6 is 0 Å². The molecule has 1 N–H and O–H groups in total. The van der Waals surface area contributed by atoms with Gasteiger partial charge in [-0.25, -0.2) is 13.1 Å². The number of sulfonamides is 1. The van der Waals surface area contributed by atoms with Gasteiger partial charge in [-0.3, -0.25) is 0 Å². The summed E-state index contributed by atoms with van der Waals surface area (Å²) in [6.07, 6.45) is 0.634. The van der Waals surface area contributed by atoms with Crippen molar-refractivity contribution in [2.45, 2.75) is 26.3 Å². The van der Waals surface area contributed by atoms with Crippen molar-refractivity contribution in [2.24, 2.45) is 0 Å². The first-order valence-corrected chi connectivity index (χ1v) is 5.66. The average Bonchev–Trinajstić information content (AvgIpc) is 1.85. The molecule has 0 aromatic rings. The highest BCUT2D eigenvalue weighted by Gasteiger charge is 2.12. The number of nitrogens with one attached hydrogen (secondary N) is 1. The summed E-state index contributed by atoms with van der Waals surface area (Å²) in [5, 5.41) is 0. The Morgan fingerprint density at radius 3 is 2.50 bits per heavy atom. The molecule has 1 atom stereocenters. The molecule has 0 aliphatic heterocycles. The van der Waals surface area contributed by atoms with Crippen LogP contribution in [0.4, 0.5) is 0 Å². The predicted molar refractivity (Wildman–Crippen MR) is 48.6 cm³/mol. The van der Waals surface area contributed by atoms with E-state index in [0.717, 1.165) is 0 Å². The summed E-state index contributed by atoms with van der Waals surface area (Å²) >= 11 is 0. The van der Waals surface area contributed by atoms with E-state index in [2.05, 4.69) is 4.72 Å². The Balaban J connectivity index is 3.89. The van der Waals surface area contributed by atoms with Crippen LogP contribution < -0.4 is 4.72 Å². The van der Waals surface area contributed by atoms with Crippen molar-refractivity contribution in [3.8, 4) is 0 Å². The van der Waals surface area contributed by atoms with Crippen molar-refractivity contribution in [3.05, 3.63) is 0 Å². The fourth-order valence-electron chi connectivity index (χ4n) is 0.918. The maximum Gasteiger partial charge on any atom is 0.211 e. The lowest BCUT2D eigenvalue weighted by Gasteiger charge is -2.12. The summed E-state index contributed by atoms with van der Waals surface area (Å²) in [6, 6.07) is -0.147. The molecule has 0 radical (unpaired) electrons. The molecule has 1 unspecified atom stereocenters. The molecule has 0 aromatic carbocycles. The summed E-state index contributed by atoms with van der Waals surface area (Å²) in [5.74, 6) is 0.182. The molecular weight excluding hydrogens is 178 g/mol. The van der Waals surface area contributed by atoms with Gasteiger partial charge in [-0.1, -0.05) is 6.92 Å². The van der Waals surface area contributed by atoms with E-state index in [1.54, 1.807) is 14.0 Å². The molecule has 0 bridgehead atoms. The van der Waals surface area contributed by atoms with Gasteiger partial charge < -0.3 is 4.74 Å². The molecule has 0 rings (SSSR count). The highest BCUT2D eigenvalue weighted by molar-refractivity contribution is 7.89. The van der Waals surface area contributed by atoms with E-state index in [1.807, 2.05) is 6.92 Å². The summed E-state index contributed by atoms with van der Waals surface area (Å²) < 4.78 is 29.6. The summed E-state index contributed by atoms with van der Waals surface area (Å²) in [6.45, 7) is 4.01. The van der Waals surface area contributed by atoms with Crippen LogP contribution in [-0.2, 0) is 14.8 Å². The number of ether oxygens (including phenoxy) is 1. The second-order valence-corrected chi connectivity index (χ2v) is 4.67. The molecule has 0 spiro atoms. The highest BCUT2D eigenvalue weighted by Crippen LogP contribution is 1.92. The fraction of sp³-hybridized carbons (Fsp3) is 1.00. The van der Waals surface area contributed by atoms with E-state index in [4.69, 9.17) is 4.74 Å². The van der Waals surface area contributed by atoms with E-state index in [-0.39, 0.29) is 11.8 Å². The normalized spacial score (nSPS) is 14.6.